The summed E-state index contributed by atoms with van der Waals surface area (Å²) in [5.74, 6) is -1.59. The molecule has 2 heterocycles. The first kappa shape index (κ1) is 18.2. The van der Waals surface area contributed by atoms with Gasteiger partial charge in [-0.2, -0.15) is 0 Å². The SMILES string of the molecule is COCCCN1C(=O)C(O)=C(C(=O)c2ccco2)[C@@H]1c1ccc(Cl)cc1. The molecule has 136 valence electrons. The molecule has 0 spiro atoms. The lowest BCUT2D eigenvalue weighted by Gasteiger charge is -2.26. The van der Waals surface area contributed by atoms with Gasteiger partial charge in [0.15, 0.2) is 11.5 Å². The van der Waals surface area contributed by atoms with Crippen LogP contribution in [-0.2, 0) is 9.53 Å². The lowest BCUT2D eigenvalue weighted by atomic mass is 9.95. The minimum absolute atomic E-state index is 0.00434. The molecule has 0 fully saturated rings. The van der Waals surface area contributed by atoms with Gasteiger partial charge in [0.1, 0.15) is 0 Å². The summed E-state index contributed by atoms with van der Waals surface area (Å²) < 4.78 is 10.2. The number of benzene rings is 1. The molecule has 0 bridgehead atoms. The zero-order valence-electron chi connectivity index (χ0n) is 14.1. The minimum atomic E-state index is -0.714. The molecule has 1 aliphatic heterocycles. The maximum atomic E-state index is 12.8. The molecule has 0 saturated carbocycles. The van der Waals surface area contributed by atoms with Crippen molar-refractivity contribution in [2.45, 2.75) is 12.5 Å². The molecule has 7 heteroatoms. The summed E-state index contributed by atoms with van der Waals surface area (Å²) in [4.78, 5) is 26.9. The van der Waals surface area contributed by atoms with E-state index in [1.165, 1.54) is 17.2 Å². The molecule has 3 rings (SSSR count). The van der Waals surface area contributed by atoms with E-state index in [0.29, 0.717) is 30.2 Å². The number of ketones is 1. The molecule has 1 aromatic carbocycles. The number of aliphatic hydroxyl groups excluding tert-OH is 1. The predicted octanol–water partition coefficient (Wildman–Crippen LogP) is 3.55. The van der Waals surface area contributed by atoms with Crippen LogP contribution in [0.15, 0.2) is 58.4 Å². The highest BCUT2D eigenvalue weighted by atomic mass is 35.5. The molecule has 1 N–H and O–H groups in total. The fourth-order valence-corrected chi connectivity index (χ4v) is 3.15. The van der Waals surface area contributed by atoms with Crippen LogP contribution >= 0.6 is 11.6 Å². The van der Waals surface area contributed by atoms with E-state index in [2.05, 4.69) is 0 Å². The smallest absolute Gasteiger partial charge is 0.290 e. The summed E-state index contributed by atoms with van der Waals surface area (Å²) in [7, 11) is 1.57. The summed E-state index contributed by atoms with van der Waals surface area (Å²) in [6, 6.07) is 9.19. The van der Waals surface area contributed by atoms with Crippen LogP contribution in [0.5, 0.6) is 0 Å². The molecule has 1 amide bonds. The summed E-state index contributed by atoms with van der Waals surface area (Å²) in [6.07, 6.45) is 1.94. The van der Waals surface area contributed by atoms with Crippen molar-refractivity contribution >= 4 is 23.3 Å². The maximum absolute atomic E-state index is 12.8. The predicted molar refractivity (Wildman–Crippen MR) is 95.1 cm³/mol. The number of methoxy groups -OCH3 is 1. The molecular formula is C19H18ClNO5. The van der Waals surface area contributed by atoms with Crippen LogP contribution in [0.2, 0.25) is 5.02 Å². The van der Waals surface area contributed by atoms with Crippen molar-refractivity contribution in [2.24, 2.45) is 0 Å². The van der Waals surface area contributed by atoms with Gasteiger partial charge in [0.25, 0.3) is 5.91 Å². The molecule has 26 heavy (non-hydrogen) atoms. The van der Waals surface area contributed by atoms with E-state index < -0.39 is 23.5 Å². The third-order valence-corrected chi connectivity index (χ3v) is 4.48. The minimum Gasteiger partial charge on any atom is -0.503 e. The summed E-state index contributed by atoms with van der Waals surface area (Å²) in [5.41, 5.74) is 0.684. The van der Waals surface area contributed by atoms with Crippen LogP contribution in [0.3, 0.4) is 0 Å². The van der Waals surface area contributed by atoms with Crippen LogP contribution in [0.25, 0.3) is 0 Å². The van der Waals surface area contributed by atoms with E-state index in [0.717, 1.165) is 0 Å². The number of Topliss-reactive ketones (excluding diaryl/α,β-unsaturated/α-hetero) is 1. The topological polar surface area (TPSA) is 80.0 Å². The summed E-state index contributed by atoms with van der Waals surface area (Å²) in [5, 5.41) is 10.9. The lowest BCUT2D eigenvalue weighted by Crippen LogP contribution is -2.32. The van der Waals surface area contributed by atoms with Crippen LogP contribution < -0.4 is 0 Å². The van der Waals surface area contributed by atoms with Crippen molar-refractivity contribution in [2.75, 3.05) is 20.3 Å². The van der Waals surface area contributed by atoms with Crippen LogP contribution in [0.1, 0.15) is 28.6 Å². The van der Waals surface area contributed by atoms with Crippen molar-refractivity contribution in [1.82, 2.24) is 4.90 Å². The Morgan fingerprint density at radius 3 is 2.65 bits per heavy atom. The first-order valence-corrected chi connectivity index (χ1v) is 8.49. The van der Waals surface area contributed by atoms with Gasteiger partial charge < -0.3 is 19.2 Å². The number of carbonyl (C=O) groups is 2. The number of halogens is 1. The molecule has 1 aliphatic rings. The average Bonchev–Trinajstić information content (AvgIpc) is 3.25. The Bertz CT molecular complexity index is 826. The Morgan fingerprint density at radius 1 is 1.31 bits per heavy atom. The zero-order chi connectivity index (χ0) is 18.7. The van der Waals surface area contributed by atoms with Gasteiger partial charge in [-0.15, -0.1) is 0 Å². The van der Waals surface area contributed by atoms with Crippen LogP contribution in [0.4, 0.5) is 0 Å². The molecule has 6 nitrogen and oxygen atoms in total. The number of aliphatic hydroxyl groups is 1. The fourth-order valence-electron chi connectivity index (χ4n) is 3.03. The van der Waals surface area contributed by atoms with E-state index in [-0.39, 0.29) is 11.3 Å². The largest absolute Gasteiger partial charge is 0.503 e. The Labute approximate surface area is 155 Å². The molecule has 0 radical (unpaired) electrons. The van der Waals surface area contributed by atoms with Crippen LogP contribution in [0, 0.1) is 0 Å². The van der Waals surface area contributed by atoms with E-state index in [4.69, 9.17) is 20.8 Å². The second-order valence-electron chi connectivity index (χ2n) is 5.87. The standard InChI is InChI=1S/C19H18ClNO5/c1-25-10-3-9-21-16(12-5-7-13(20)8-6-12)15(18(23)19(21)24)17(22)14-4-2-11-26-14/h2,4-8,11,16,23H,3,9-10H2,1H3/t16-/m0/s1. The van der Waals surface area contributed by atoms with Crippen molar-refractivity contribution in [3.63, 3.8) is 0 Å². The van der Waals surface area contributed by atoms with Crippen molar-refractivity contribution in [3.8, 4) is 0 Å². The number of hydrogen-bond donors (Lipinski definition) is 1. The summed E-state index contributed by atoms with van der Waals surface area (Å²) >= 11 is 5.95. The Hall–Kier alpha value is -2.57. The maximum Gasteiger partial charge on any atom is 0.290 e. The summed E-state index contributed by atoms with van der Waals surface area (Å²) in [6.45, 7) is 0.790. The molecule has 1 aromatic heterocycles. The Morgan fingerprint density at radius 2 is 2.04 bits per heavy atom. The third kappa shape index (κ3) is 3.38. The van der Waals surface area contributed by atoms with E-state index in [1.54, 1.807) is 37.4 Å². The van der Waals surface area contributed by atoms with Gasteiger partial charge in [-0.3, -0.25) is 9.59 Å². The zero-order valence-corrected chi connectivity index (χ0v) is 14.9. The van der Waals surface area contributed by atoms with Gasteiger partial charge in [-0.05, 0) is 36.2 Å². The molecule has 0 aliphatic carbocycles. The highest BCUT2D eigenvalue weighted by Crippen LogP contribution is 2.39. The fraction of sp³-hybridized carbons (Fsp3) is 0.263. The van der Waals surface area contributed by atoms with Gasteiger partial charge in [0.2, 0.25) is 5.78 Å². The first-order valence-electron chi connectivity index (χ1n) is 8.11. The number of ether oxygens (including phenoxy) is 1. The number of carbonyl (C=O) groups excluding carboxylic acids is 2. The number of amides is 1. The van der Waals surface area contributed by atoms with Crippen molar-refractivity contribution < 1.29 is 23.8 Å². The van der Waals surface area contributed by atoms with Gasteiger partial charge >= 0.3 is 0 Å². The van der Waals surface area contributed by atoms with Gasteiger partial charge in [-0.1, -0.05) is 23.7 Å². The number of furan rings is 1. The van der Waals surface area contributed by atoms with E-state index >= 15 is 0 Å². The normalized spacial score (nSPS) is 17.2. The van der Waals surface area contributed by atoms with Gasteiger partial charge in [-0.25, -0.2) is 0 Å². The monoisotopic (exact) mass is 375 g/mol. The quantitative estimate of drug-likeness (QED) is 0.591. The molecule has 0 saturated heterocycles. The highest BCUT2D eigenvalue weighted by Gasteiger charge is 2.44. The van der Waals surface area contributed by atoms with E-state index in [1.807, 2.05) is 0 Å². The first-order chi connectivity index (χ1) is 12.5. The lowest BCUT2D eigenvalue weighted by molar-refractivity contribution is -0.129. The highest BCUT2D eigenvalue weighted by molar-refractivity contribution is 6.30. The number of nitrogens with zero attached hydrogens (tertiary/aromatic N) is 1. The second kappa shape index (κ2) is 7.76. The average molecular weight is 376 g/mol. The van der Waals surface area contributed by atoms with Crippen molar-refractivity contribution in [3.05, 3.63) is 70.3 Å². The van der Waals surface area contributed by atoms with Crippen molar-refractivity contribution in [1.29, 1.82) is 0 Å². The Kier molecular flexibility index (Phi) is 5.44. The number of rotatable bonds is 7. The number of hydrogen-bond acceptors (Lipinski definition) is 5. The van der Waals surface area contributed by atoms with E-state index in [9.17, 15) is 14.7 Å². The molecular weight excluding hydrogens is 358 g/mol. The molecule has 2 aromatic rings. The van der Waals surface area contributed by atoms with Gasteiger partial charge in [0, 0.05) is 25.3 Å². The molecule has 1 atom stereocenters. The third-order valence-electron chi connectivity index (χ3n) is 4.23. The molecule has 0 unspecified atom stereocenters. The Balaban J connectivity index is 2.02. The van der Waals surface area contributed by atoms with Gasteiger partial charge in [0.05, 0.1) is 17.9 Å². The van der Waals surface area contributed by atoms with Crippen LogP contribution in [-0.4, -0.2) is 42.0 Å². The second-order valence-corrected chi connectivity index (χ2v) is 6.30.